The fourth-order valence-corrected chi connectivity index (χ4v) is 2.88. The van der Waals surface area contributed by atoms with E-state index in [1.807, 2.05) is 6.07 Å². The Morgan fingerprint density at radius 3 is 2.77 bits per heavy atom. The molecule has 2 heterocycles. The average molecular weight is 352 g/mol. The monoisotopic (exact) mass is 352 g/mol. The predicted molar refractivity (Wildman–Crippen MR) is 96.9 cm³/mol. The zero-order valence-corrected chi connectivity index (χ0v) is 14.4. The molecule has 2 atom stereocenters. The molecule has 0 bridgehead atoms. The minimum atomic E-state index is -0.314. The van der Waals surface area contributed by atoms with E-state index in [0.29, 0.717) is 22.9 Å². The van der Waals surface area contributed by atoms with Gasteiger partial charge in [0, 0.05) is 31.4 Å². The Labute approximate surface area is 151 Å². The lowest BCUT2D eigenvalue weighted by Crippen LogP contribution is -2.25. The van der Waals surface area contributed by atoms with Crippen LogP contribution in [0.5, 0.6) is 0 Å². The number of nitrogens with two attached hydrogens (primary N) is 1. The van der Waals surface area contributed by atoms with Crippen LogP contribution in [0.1, 0.15) is 35.3 Å². The summed E-state index contributed by atoms with van der Waals surface area (Å²) in [5.41, 5.74) is 7.26. The summed E-state index contributed by atoms with van der Waals surface area (Å²) in [7, 11) is 1.55. The van der Waals surface area contributed by atoms with Gasteiger partial charge in [0.25, 0.3) is 5.91 Å². The van der Waals surface area contributed by atoms with Crippen LogP contribution in [0.2, 0.25) is 0 Å². The number of amides is 1. The fraction of sp³-hybridized carbons (Fsp3) is 0.353. The molecule has 1 saturated carbocycles. The van der Waals surface area contributed by atoms with Crippen molar-refractivity contribution in [3.8, 4) is 6.07 Å². The summed E-state index contributed by atoms with van der Waals surface area (Å²) in [6.45, 7) is 0. The van der Waals surface area contributed by atoms with Gasteiger partial charge in [-0.05, 0) is 31.4 Å². The molecule has 5 N–H and O–H groups in total. The van der Waals surface area contributed by atoms with Crippen LogP contribution in [0.15, 0.2) is 24.4 Å². The van der Waals surface area contributed by atoms with Crippen molar-refractivity contribution in [1.82, 2.24) is 20.5 Å². The Kier molecular flexibility index (Phi) is 5.24. The van der Waals surface area contributed by atoms with Crippen LogP contribution < -0.4 is 21.7 Å². The van der Waals surface area contributed by atoms with Crippen LogP contribution in [0.25, 0.3) is 0 Å². The standard InChI is InChI=1S/C17H20N8O/c1-20-17(26)16-13(22-12-4-3-11(19)6-12)7-15(24-25-16)23-14-5-2-10(8-18)9-21-14/h2,5,7,9,11-12H,3-4,6,19H2,1H3,(H,20,26)(H2,21,22,23,24). The molecule has 9 heteroatoms. The van der Waals surface area contributed by atoms with Crippen molar-refractivity contribution in [3.63, 3.8) is 0 Å². The molecule has 1 fully saturated rings. The highest BCUT2D eigenvalue weighted by molar-refractivity contribution is 5.97. The normalized spacial score (nSPS) is 18.8. The molecule has 3 rings (SSSR count). The van der Waals surface area contributed by atoms with Crippen LogP contribution in [0.4, 0.5) is 17.3 Å². The van der Waals surface area contributed by atoms with Crippen LogP contribution in [0.3, 0.4) is 0 Å². The third kappa shape index (κ3) is 4.04. The quantitative estimate of drug-likeness (QED) is 0.627. The van der Waals surface area contributed by atoms with Crippen LogP contribution in [-0.2, 0) is 0 Å². The lowest BCUT2D eigenvalue weighted by molar-refractivity contribution is 0.0958. The fourth-order valence-electron chi connectivity index (χ4n) is 2.88. The van der Waals surface area contributed by atoms with Gasteiger partial charge in [-0.1, -0.05) is 0 Å². The van der Waals surface area contributed by atoms with E-state index in [9.17, 15) is 4.79 Å². The first-order valence-corrected chi connectivity index (χ1v) is 8.34. The lowest BCUT2D eigenvalue weighted by Gasteiger charge is -2.17. The van der Waals surface area contributed by atoms with Gasteiger partial charge in [0.05, 0.1) is 11.3 Å². The van der Waals surface area contributed by atoms with E-state index in [2.05, 4.69) is 31.1 Å². The maximum absolute atomic E-state index is 12.1. The first-order chi connectivity index (χ1) is 12.6. The van der Waals surface area contributed by atoms with Crippen LogP contribution in [0, 0.1) is 11.3 Å². The second kappa shape index (κ2) is 7.76. The van der Waals surface area contributed by atoms with Crippen molar-refractivity contribution in [2.24, 2.45) is 5.73 Å². The van der Waals surface area contributed by atoms with Crippen molar-refractivity contribution in [2.45, 2.75) is 31.3 Å². The maximum Gasteiger partial charge on any atom is 0.273 e. The van der Waals surface area contributed by atoms with E-state index >= 15 is 0 Å². The van der Waals surface area contributed by atoms with Crippen molar-refractivity contribution in [2.75, 3.05) is 17.7 Å². The number of carbonyl (C=O) groups excluding carboxylic acids is 1. The molecular weight excluding hydrogens is 332 g/mol. The molecule has 0 saturated heterocycles. The van der Waals surface area contributed by atoms with Gasteiger partial charge in [0.15, 0.2) is 11.5 Å². The van der Waals surface area contributed by atoms with Crippen molar-refractivity contribution < 1.29 is 4.79 Å². The second-order valence-corrected chi connectivity index (χ2v) is 6.15. The smallest absolute Gasteiger partial charge is 0.273 e. The summed E-state index contributed by atoms with van der Waals surface area (Å²) in [5, 5.41) is 25.9. The molecule has 1 amide bonds. The Balaban J connectivity index is 1.83. The van der Waals surface area contributed by atoms with E-state index in [1.54, 1.807) is 25.2 Å². The summed E-state index contributed by atoms with van der Waals surface area (Å²) in [4.78, 5) is 16.2. The van der Waals surface area contributed by atoms with Gasteiger partial charge in [0.2, 0.25) is 0 Å². The third-order valence-corrected chi connectivity index (χ3v) is 4.22. The largest absolute Gasteiger partial charge is 0.380 e. The van der Waals surface area contributed by atoms with Gasteiger partial charge in [-0.15, -0.1) is 10.2 Å². The lowest BCUT2D eigenvalue weighted by atomic mass is 10.2. The number of nitriles is 1. The first-order valence-electron chi connectivity index (χ1n) is 8.34. The van der Waals surface area contributed by atoms with E-state index in [1.165, 1.54) is 6.20 Å². The molecule has 0 radical (unpaired) electrons. The SMILES string of the molecule is CNC(=O)c1nnc(Nc2ccc(C#N)cn2)cc1NC1CCC(N)C1. The Bertz CT molecular complexity index is 830. The maximum atomic E-state index is 12.1. The molecule has 0 spiro atoms. The number of carbonyl (C=O) groups is 1. The molecular formula is C17H20N8O. The number of pyridine rings is 1. The summed E-state index contributed by atoms with van der Waals surface area (Å²) in [5.74, 6) is 0.657. The van der Waals surface area contributed by atoms with E-state index in [4.69, 9.17) is 11.0 Å². The molecule has 1 aliphatic carbocycles. The molecule has 0 aromatic carbocycles. The highest BCUT2D eigenvalue weighted by Crippen LogP contribution is 2.25. The van der Waals surface area contributed by atoms with E-state index in [-0.39, 0.29) is 23.7 Å². The number of anilines is 3. The number of rotatable bonds is 5. The first kappa shape index (κ1) is 17.6. The minimum absolute atomic E-state index is 0.172. The Morgan fingerprint density at radius 1 is 1.31 bits per heavy atom. The van der Waals surface area contributed by atoms with Gasteiger partial charge in [-0.2, -0.15) is 5.26 Å². The highest BCUT2D eigenvalue weighted by Gasteiger charge is 2.24. The van der Waals surface area contributed by atoms with Gasteiger partial charge in [-0.3, -0.25) is 4.79 Å². The molecule has 0 aliphatic heterocycles. The zero-order valence-electron chi connectivity index (χ0n) is 14.4. The summed E-state index contributed by atoms with van der Waals surface area (Å²) >= 11 is 0. The molecule has 2 unspecified atom stereocenters. The summed E-state index contributed by atoms with van der Waals surface area (Å²) in [6, 6.07) is 7.43. The molecule has 1 aliphatic rings. The van der Waals surface area contributed by atoms with Gasteiger partial charge >= 0.3 is 0 Å². The molecule has 134 valence electrons. The molecule has 9 nitrogen and oxygen atoms in total. The van der Waals surface area contributed by atoms with Crippen molar-refractivity contribution in [1.29, 1.82) is 5.26 Å². The van der Waals surface area contributed by atoms with E-state index < -0.39 is 0 Å². The minimum Gasteiger partial charge on any atom is -0.380 e. The molecule has 2 aromatic rings. The number of aromatic nitrogens is 3. The summed E-state index contributed by atoms with van der Waals surface area (Å²) < 4.78 is 0. The number of nitrogens with one attached hydrogen (secondary N) is 3. The topological polar surface area (TPSA) is 142 Å². The van der Waals surface area contributed by atoms with Crippen molar-refractivity contribution >= 4 is 23.2 Å². The van der Waals surface area contributed by atoms with Crippen molar-refractivity contribution in [3.05, 3.63) is 35.7 Å². The highest BCUT2D eigenvalue weighted by atomic mass is 16.1. The second-order valence-electron chi connectivity index (χ2n) is 6.15. The number of hydrogen-bond donors (Lipinski definition) is 4. The van der Waals surface area contributed by atoms with E-state index in [0.717, 1.165) is 19.3 Å². The molecule has 26 heavy (non-hydrogen) atoms. The molecule has 2 aromatic heterocycles. The van der Waals surface area contributed by atoms with Gasteiger partial charge in [-0.25, -0.2) is 4.98 Å². The van der Waals surface area contributed by atoms with Gasteiger partial charge < -0.3 is 21.7 Å². The predicted octanol–water partition coefficient (Wildman–Crippen LogP) is 1.14. The third-order valence-electron chi connectivity index (χ3n) is 4.22. The number of hydrogen-bond acceptors (Lipinski definition) is 8. The summed E-state index contributed by atoms with van der Waals surface area (Å²) in [6.07, 6.45) is 4.20. The van der Waals surface area contributed by atoms with Crippen LogP contribution >= 0.6 is 0 Å². The van der Waals surface area contributed by atoms with Gasteiger partial charge in [0.1, 0.15) is 11.9 Å². The Hall–Kier alpha value is -3.25. The Morgan fingerprint density at radius 2 is 2.15 bits per heavy atom. The average Bonchev–Trinajstić information content (AvgIpc) is 3.07. The van der Waals surface area contributed by atoms with Crippen LogP contribution in [-0.4, -0.2) is 40.2 Å². The number of nitrogens with zero attached hydrogens (tertiary/aromatic N) is 4. The zero-order chi connectivity index (χ0) is 18.5.